The number of carbonyl (C=O) groups is 1. The summed E-state index contributed by atoms with van der Waals surface area (Å²) in [5.74, 6) is -1.20. The molecule has 0 saturated carbocycles. The molecule has 0 bridgehead atoms. The van der Waals surface area contributed by atoms with Crippen molar-refractivity contribution in [3.05, 3.63) is 47.8 Å². The lowest BCUT2D eigenvalue weighted by atomic mass is 10.0. The zero-order valence-corrected chi connectivity index (χ0v) is 22.2. The van der Waals surface area contributed by atoms with Gasteiger partial charge in [0.2, 0.25) is 17.8 Å². The van der Waals surface area contributed by atoms with E-state index in [4.69, 9.17) is 27.9 Å². The summed E-state index contributed by atoms with van der Waals surface area (Å²) in [6, 6.07) is 6.92. The van der Waals surface area contributed by atoms with Crippen molar-refractivity contribution in [3.8, 4) is 11.5 Å². The van der Waals surface area contributed by atoms with Gasteiger partial charge in [-0.3, -0.25) is 4.79 Å². The number of nitrogens with one attached hydrogen (secondary N) is 2. The number of rotatable bonds is 6. The first-order valence-corrected chi connectivity index (χ1v) is 13.2. The Labute approximate surface area is 235 Å². The van der Waals surface area contributed by atoms with Gasteiger partial charge in [-0.25, -0.2) is 4.39 Å². The van der Waals surface area contributed by atoms with Gasteiger partial charge in [-0.05, 0) is 37.1 Å². The van der Waals surface area contributed by atoms with Crippen LogP contribution in [0.1, 0.15) is 23.2 Å². The van der Waals surface area contributed by atoms with Crippen molar-refractivity contribution in [2.45, 2.75) is 37.0 Å². The molecule has 2 saturated heterocycles. The first-order valence-electron chi connectivity index (χ1n) is 13.2. The number of piperidine rings is 2. The maximum atomic E-state index is 13.3. The number of nitrogens with two attached hydrogens (primary N) is 4. The van der Waals surface area contributed by atoms with Gasteiger partial charge in [0.1, 0.15) is 17.3 Å². The maximum absolute atomic E-state index is 13.3. The Morgan fingerprint density at radius 2 is 1.37 bits per heavy atom. The number of aromatic hydroxyl groups is 2. The Bertz CT molecular complexity index is 1360. The Morgan fingerprint density at radius 1 is 0.805 bits per heavy atom. The van der Waals surface area contributed by atoms with Crippen molar-refractivity contribution >= 4 is 35.1 Å². The molecule has 2 aliphatic heterocycles. The van der Waals surface area contributed by atoms with Crippen molar-refractivity contribution in [1.29, 1.82) is 0 Å². The van der Waals surface area contributed by atoms with Crippen LogP contribution in [0.15, 0.2) is 36.4 Å². The molecule has 41 heavy (non-hydrogen) atoms. The van der Waals surface area contributed by atoms with Crippen LogP contribution < -0.4 is 43.4 Å². The molecule has 1 aromatic heterocycles. The van der Waals surface area contributed by atoms with Crippen molar-refractivity contribution in [2.24, 2.45) is 22.9 Å². The second kappa shape index (κ2) is 11.7. The van der Waals surface area contributed by atoms with Crippen molar-refractivity contribution < 1.29 is 19.4 Å². The number of phenols is 2. The van der Waals surface area contributed by atoms with E-state index in [1.165, 1.54) is 12.1 Å². The zero-order chi connectivity index (χ0) is 29.3. The molecule has 15 heteroatoms. The summed E-state index contributed by atoms with van der Waals surface area (Å²) in [5, 5.41) is 26.1. The lowest BCUT2D eigenvalue weighted by Gasteiger charge is -2.37. The molecule has 0 radical (unpaired) electrons. The molecule has 0 unspecified atom stereocenters. The van der Waals surface area contributed by atoms with E-state index in [0.717, 1.165) is 18.2 Å². The van der Waals surface area contributed by atoms with Gasteiger partial charge in [-0.1, -0.05) is 0 Å². The summed E-state index contributed by atoms with van der Waals surface area (Å²) < 4.78 is 13.3. The molecule has 12 N–H and O–H groups in total. The predicted molar refractivity (Wildman–Crippen MR) is 153 cm³/mol. The minimum Gasteiger partial charge on any atom is -0.507 e. The third-order valence-corrected chi connectivity index (χ3v) is 6.91. The normalized spacial score (nSPS) is 22.9. The van der Waals surface area contributed by atoms with E-state index in [9.17, 15) is 19.4 Å². The maximum Gasteiger partial charge on any atom is 0.259 e. The molecule has 5 rings (SSSR count). The Morgan fingerprint density at radius 3 is 1.88 bits per heavy atom. The minimum atomic E-state index is -0.721. The molecule has 0 aliphatic carbocycles. The third kappa shape index (κ3) is 6.71. The number of hydrogen-bond donors (Lipinski definition) is 8. The SMILES string of the molecule is N[C@@H]1C[C@H](N)CN(c2nc(Nc3ccc(NC(=O)c4ccc(F)cc4O)c(O)c3)nc(N3C[C@H](N)C[C@H](N)C3)n2)C1. The van der Waals surface area contributed by atoms with Crippen LogP contribution in [0, 0.1) is 5.82 Å². The van der Waals surface area contributed by atoms with Gasteiger partial charge in [0.25, 0.3) is 5.91 Å². The fraction of sp³-hybridized carbons (Fsp3) is 0.385. The predicted octanol–water partition coefficient (Wildman–Crippen LogP) is 0.147. The van der Waals surface area contributed by atoms with Crippen LogP contribution in [0.25, 0.3) is 0 Å². The third-order valence-electron chi connectivity index (χ3n) is 6.91. The molecule has 4 atom stereocenters. The first kappa shape index (κ1) is 28.2. The van der Waals surface area contributed by atoms with Crippen molar-refractivity contribution in [2.75, 3.05) is 46.6 Å². The number of amides is 1. The molecule has 0 spiro atoms. The Balaban J connectivity index is 1.39. The van der Waals surface area contributed by atoms with Crippen LogP contribution in [-0.4, -0.2) is 81.4 Å². The molecule has 2 aromatic carbocycles. The van der Waals surface area contributed by atoms with Gasteiger partial charge in [-0.2, -0.15) is 15.0 Å². The average molecular weight is 568 g/mol. The number of aromatic nitrogens is 3. The second-order valence-electron chi connectivity index (χ2n) is 10.6. The summed E-state index contributed by atoms with van der Waals surface area (Å²) in [6.45, 7) is 2.09. The molecule has 3 heterocycles. The smallest absolute Gasteiger partial charge is 0.259 e. The van der Waals surface area contributed by atoms with Crippen LogP contribution in [0.3, 0.4) is 0 Å². The molecule has 218 valence electrons. The summed E-state index contributed by atoms with van der Waals surface area (Å²) in [4.78, 5) is 30.3. The number of hydrogen-bond acceptors (Lipinski definition) is 13. The average Bonchev–Trinajstić information content (AvgIpc) is 2.89. The highest BCUT2D eigenvalue weighted by Crippen LogP contribution is 2.30. The van der Waals surface area contributed by atoms with E-state index in [1.807, 2.05) is 9.80 Å². The lowest BCUT2D eigenvalue weighted by Crippen LogP contribution is -2.54. The summed E-state index contributed by atoms with van der Waals surface area (Å²) >= 11 is 0. The van der Waals surface area contributed by atoms with Gasteiger partial charge in [0.05, 0.1) is 11.3 Å². The molecule has 1 amide bonds. The van der Waals surface area contributed by atoms with Gasteiger partial charge in [0, 0.05) is 68.2 Å². The summed E-state index contributed by atoms with van der Waals surface area (Å²) in [6.07, 6.45) is 1.39. The summed E-state index contributed by atoms with van der Waals surface area (Å²) in [5.41, 5.74) is 25.2. The number of benzene rings is 2. The van der Waals surface area contributed by atoms with E-state index in [1.54, 1.807) is 6.07 Å². The van der Waals surface area contributed by atoms with Crippen LogP contribution in [0.2, 0.25) is 0 Å². The highest BCUT2D eigenvalue weighted by atomic mass is 19.1. The van der Waals surface area contributed by atoms with Gasteiger partial charge in [0.15, 0.2) is 0 Å². The van der Waals surface area contributed by atoms with Gasteiger partial charge >= 0.3 is 0 Å². The zero-order valence-electron chi connectivity index (χ0n) is 22.2. The quantitative estimate of drug-likeness (QED) is 0.186. The van der Waals surface area contributed by atoms with Crippen LogP contribution >= 0.6 is 0 Å². The highest BCUT2D eigenvalue weighted by Gasteiger charge is 2.29. The number of phenolic OH excluding ortho intramolecular Hbond substituents is 2. The fourth-order valence-electron chi connectivity index (χ4n) is 5.11. The highest BCUT2D eigenvalue weighted by molar-refractivity contribution is 6.06. The van der Waals surface area contributed by atoms with E-state index >= 15 is 0 Å². The van der Waals surface area contributed by atoms with Crippen molar-refractivity contribution in [3.63, 3.8) is 0 Å². The molecular formula is C26H34FN11O3. The standard InChI is InChI=1S/C26H34FN11O3/c27-13-1-3-19(21(39)5-13)23(41)33-20-4-2-18(8-22(20)40)32-24-34-25(37-9-14(28)6-15(29)10-37)36-26(35-24)38-11-16(30)7-17(31)12-38/h1-5,8,14-17,39-40H,6-7,9-12,28-31H2,(H,33,41)(H,32,34,35,36)/t14-,15+,16-,17+. The molecular weight excluding hydrogens is 533 g/mol. The monoisotopic (exact) mass is 567 g/mol. The van der Waals surface area contributed by atoms with Crippen molar-refractivity contribution in [1.82, 2.24) is 15.0 Å². The molecule has 14 nitrogen and oxygen atoms in total. The van der Waals surface area contributed by atoms with E-state index < -0.39 is 17.5 Å². The number of nitrogens with zero attached hydrogens (tertiary/aromatic N) is 5. The van der Waals surface area contributed by atoms with Crippen LogP contribution in [0.5, 0.6) is 11.5 Å². The number of carbonyl (C=O) groups excluding carboxylic acids is 1. The van der Waals surface area contributed by atoms with E-state index in [-0.39, 0.29) is 47.1 Å². The van der Waals surface area contributed by atoms with Gasteiger partial charge in [-0.15, -0.1) is 0 Å². The first-order chi connectivity index (χ1) is 19.5. The largest absolute Gasteiger partial charge is 0.507 e. The number of halogens is 1. The topological polar surface area (TPSA) is 231 Å². The van der Waals surface area contributed by atoms with Crippen LogP contribution in [0.4, 0.5) is 33.6 Å². The van der Waals surface area contributed by atoms with E-state index in [0.29, 0.717) is 56.6 Å². The second-order valence-corrected chi connectivity index (χ2v) is 10.6. The molecule has 2 fully saturated rings. The van der Waals surface area contributed by atoms with E-state index in [2.05, 4.69) is 20.6 Å². The van der Waals surface area contributed by atoms with Crippen LogP contribution in [-0.2, 0) is 0 Å². The number of anilines is 5. The Hall–Kier alpha value is -4.31. The summed E-state index contributed by atoms with van der Waals surface area (Å²) in [7, 11) is 0. The molecule has 2 aliphatic rings. The molecule has 3 aromatic rings. The lowest BCUT2D eigenvalue weighted by molar-refractivity contribution is 0.102. The fourth-order valence-corrected chi connectivity index (χ4v) is 5.11. The van der Waals surface area contributed by atoms with Gasteiger partial charge < -0.3 is 53.6 Å². The minimum absolute atomic E-state index is 0.0777. The Kier molecular flexibility index (Phi) is 8.03.